The first-order valence-corrected chi connectivity index (χ1v) is 6.35. The number of hydrogen-bond acceptors (Lipinski definition) is 5. The number of aromatic nitrogens is 4. The van der Waals surface area contributed by atoms with Gasteiger partial charge in [0, 0.05) is 12.7 Å². The van der Waals surface area contributed by atoms with E-state index in [0.717, 1.165) is 0 Å². The third kappa shape index (κ3) is 3.73. The van der Waals surface area contributed by atoms with Crippen LogP contribution in [0.25, 0.3) is 11.4 Å². The molecule has 9 heteroatoms. The van der Waals surface area contributed by atoms with Crippen LogP contribution in [0, 0.1) is 5.82 Å². The second-order valence-corrected chi connectivity index (χ2v) is 4.68. The van der Waals surface area contributed by atoms with Crippen LogP contribution in [0.15, 0.2) is 18.2 Å². The second kappa shape index (κ2) is 6.59. The number of methoxy groups -OCH3 is 1. The van der Waals surface area contributed by atoms with Gasteiger partial charge in [-0.15, -0.1) is 5.10 Å². The summed E-state index contributed by atoms with van der Waals surface area (Å²) in [4.78, 5) is 10.7. The maximum atomic E-state index is 13.5. The van der Waals surface area contributed by atoms with E-state index in [9.17, 15) is 9.18 Å². The lowest BCUT2D eigenvalue weighted by Gasteiger charge is -2.13. The molecule has 0 saturated heterocycles. The molecule has 0 amide bonds. The molecule has 0 aliphatic carbocycles. The van der Waals surface area contributed by atoms with Crippen molar-refractivity contribution in [2.45, 2.75) is 19.1 Å². The molecule has 2 rings (SSSR count). The Morgan fingerprint density at radius 2 is 2.33 bits per heavy atom. The highest BCUT2D eigenvalue weighted by molar-refractivity contribution is 6.30. The van der Waals surface area contributed by atoms with Gasteiger partial charge in [0.25, 0.3) is 0 Å². The Labute approximate surface area is 124 Å². The fourth-order valence-electron chi connectivity index (χ4n) is 1.78. The molecule has 1 heterocycles. The summed E-state index contributed by atoms with van der Waals surface area (Å²) in [6, 6.07) is 4.19. The molecule has 0 aliphatic heterocycles. The molecule has 0 fully saturated rings. The quantitative estimate of drug-likeness (QED) is 0.871. The highest BCUT2D eigenvalue weighted by Gasteiger charge is 2.18. The fraction of sp³-hybridized carbons (Fsp3) is 0.333. The average molecular weight is 315 g/mol. The summed E-state index contributed by atoms with van der Waals surface area (Å²) in [6.07, 6.45) is -0.785. The Hall–Kier alpha value is -2.06. The monoisotopic (exact) mass is 314 g/mol. The maximum absolute atomic E-state index is 13.5. The minimum atomic E-state index is -0.992. The summed E-state index contributed by atoms with van der Waals surface area (Å²) < 4.78 is 19.9. The molecule has 1 atom stereocenters. The van der Waals surface area contributed by atoms with Gasteiger partial charge in [0.15, 0.2) is 5.82 Å². The number of rotatable bonds is 6. The van der Waals surface area contributed by atoms with Crippen LogP contribution in [0.1, 0.15) is 6.42 Å². The summed E-state index contributed by atoms with van der Waals surface area (Å²) >= 11 is 5.63. The van der Waals surface area contributed by atoms with Gasteiger partial charge in [0.2, 0.25) is 0 Å². The van der Waals surface area contributed by atoms with Crippen molar-refractivity contribution in [1.82, 2.24) is 20.2 Å². The van der Waals surface area contributed by atoms with E-state index in [1.54, 1.807) is 6.07 Å². The fourth-order valence-corrected chi connectivity index (χ4v) is 1.90. The third-order valence-corrected chi connectivity index (χ3v) is 3.13. The van der Waals surface area contributed by atoms with Crippen LogP contribution in [0.5, 0.6) is 0 Å². The number of hydrogen-bond donors (Lipinski definition) is 1. The standard InChI is InChI=1S/C12H12ClFN4O3/c1-21-8(5-11(19)20)6-18-12(15-16-17-18)7-2-3-9(13)10(14)4-7/h2-4,8H,5-6H2,1H3,(H,19,20). The SMILES string of the molecule is COC(CC(=O)O)Cn1nnnc1-c1ccc(Cl)c(F)c1. The van der Waals surface area contributed by atoms with E-state index >= 15 is 0 Å². The number of carbonyl (C=O) groups is 1. The van der Waals surface area contributed by atoms with Gasteiger partial charge in [-0.1, -0.05) is 11.6 Å². The van der Waals surface area contributed by atoms with Crippen LogP contribution in [-0.4, -0.2) is 44.5 Å². The van der Waals surface area contributed by atoms with Crippen molar-refractivity contribution in [3.05, 3.63) is 29.0 Å². The van der Waals surface area contributed by atoms with E-state index in [2.05, 4.69) is 15.5 Å². The van der Waals surface area contributed by atoms with E-state index in [1.165, 1.54) is 23.9 Å². The van der Waals surface area contributed by atoms with Gasteiger partial charge in [-0.05, 0) is 28.6 Å². The number of nitrogens with zero attached hydrogens (tertiary/aromatic N) is 4. The van der Waals surface area contributed by atoms with Gasteiger partial charge in [-0.25, -0.2) is 9.07 Å². The van der Waals surface area contributed by atoms with E-state index < -0.39 is 17.9 Å². The van der Waals surface area contributed by atoms with Crippen molar-refractivity contribution in [2.75, 3.05) is 7.11 Å². The first kappa shape index (κ1) is 15.3. The summed E-state index contributed by atoms with van der Waals surface area (Å²) in [5, 5.41) is 19.9. The third-order valence-electron chi connectivity index (χ3n) is 2.82. The van der Waals surface area contributed by atoms with Crippen molar-refractivity contribution >= 4 is 17.6 Å². The predicted octanol–water partition coefficient (Wildman–Crippen LogP) is 1.62. The van der Waals surface area contributed by atoms with Gasteiger partial charge in [-0.2, -0.15) is 0 Å². The van der Waals surface area contributed by atoms with E-state index in [1.807, 2.05) is 0 Å². The molecule has 0 aliphatic rings. The zero-order valence-corrected chi connectivity index (χ0v) is 11.8. The van der Waals surface area contributed by atoms with Crippen molar-refractivity contribution in [2.24, 2.45) is 0 Å². The predicted molar refractivity (Wildman–Crippen MR) is 71.3 cm³/mol. The molecule has 0 saturated carbocycles. The minimum Gasteiger partial charge on any atom is -0.481 e. The number of carboxylic acids is 1. The normalized spacial score (nSPS) is 12.3. The number of aliphatic carboxylic acids is 1. The lowest BCUT2D eigenvalue weighted by molar-refractivity contribution is -0.140. The van der Waals surface area contributed by atoms with Crippen LogP contribution >= 0.6 is 11.6 Å². The van der Waals surface area contributed by atoms with Crippen molar-refractivity contribution in [3.8, 4) is 11.4 Å². The van der Waals surface area contributed by atoms with Gasteiger partial charge < -0.3 is 9.84 Å². The average Bonchev–Trinajstić information content (AvgIpc) is 2.88. The zero-order valence-electron chi connectivity index (χ0n) is 11.0. The zero-order chi connectivity index (χ0) is 15.4. The van der Waals surface area contributed by atoms with Gasteiger partial charge >= 0.3 is 5.97 Å². The van der Waals surface area contributed by atoms with Gasteiger partial charge in [-0.3, -0.25) is 4.79 Å². The van der Waals surface area contributed by atoms with Gasteiger partial charge in [0.05, 0.1) is 24.1 Å². The Kier molecular flexibility index (Phi) is 4.81. The number of tetrazole rings is 1. The molecule has 21 heavy (non-hydrogen) atoms. The molecule has 2 aromatic rings. The molecule has 0 radical (unpaired) electrons. The summed E-state index contributed by atoms with van der Waals surface area (Å²) in [7, 11) is 1.40. The molecule has 1 N–H and O–H groups in total. The topological polar surface area (TPSA) is 90.1 Å². The molecule has 1 aromatic heterocycles. The maximum Gasteiger partial charge on any atom is 0.306 e. The summed E-state index contributed by atoms with van der Waals surface area (Å²) in [5.74, 6) is -1.27. The Bertz CT molecular complexity index is 649. The largest absolute Gasteiger partial charge is 0.481 e. The summed E-state index contributed by atoms with van der Waals surface area (Å²) in [5.41, 5.74) is 0.437. The lowest BCUT2D eigenvalue weighted by atomic mass is 10.2. The minimum absolute atomic E-state index is 0.00146. The Morgan fingerprint density at radius 1 is 1.57 bits per heavy atom. The van der Waals surface area contributed by atoms with E-state index in [-0.39, 0.29) is 18.0 Å². The smallest absolute Gasteiger partial charge is 0.306 e. The van der Waals surface area contributed by atoms with Crippen molar-refractivity contribution < 1.29 is 19.0 Å². The van der Waals surface area contributed by atoms with Crippen molar-refractivity contribution in [1.29, 1.82) is 0 Å². The number of ether oxygens (including phenoxy) is 1. The molecule has 112 valence electrons. The van der Waals surface area contributed by atoms with Crippen LogP contribution in [-0.2, 0) is 16.1 Å². The number of carboxylic acid groups (broad SMARTS) is 1. The van der Waals surface area contributed by atoms with Crippen LogP contribution in [0.3, 0.4) is 0 Å². The lowest BCUT2D eigenvalue weighted by Crippen LogP contribution is -2.23. The molecular formula is C12H12ClFN4O3. The molecule has 0 spiro atoms. The number of halogens is 2. The first-order chi connectivity index (χ1) is 10.0. The first-order valence-electron chi connectivity index (χ1n) is 5.97. The summed E-state index contributed by atoms with van der Waals surface area (Å²) in [6.45, 7) is 0.134. The van der Waals surface area contributed by atoms with Gasteiger partial charge in [0.1, 0.15) is 5.82 Å². The molecule has 7 nitrogen and oxygen atoms in total. The Balaban J connectivity index is 2.25. The highest BCUT2D eigenvalue weighted by atomic mass is 35.5. The molecule has 1 unspecified atom stereocenters. The van der Waals surface area contributed by atoms with Crippen LogP contribution < -0.4 is 0 Å². The Morgan fingerprint density at radius 3 is 2.95 bits per heavy atom. The molecule has 0 bridgehead atoms. The molecule has 1 aromatic carbocycles. The second-order valence-electron chi connectivity index (χ2n) is 4.27. The van der Waals surface area contributed by atoms with Crippen LogP contribution in [0.2, 0.25) is 5.02 Å². The van der Waals surface area contributed by atoms with Crippen molar-refractivity contribution in [3.63, 3.8) is 0 Å². The van der Waals surface area contributed by atoms with Crippen LogP contribution in [0.4, 0.5) is 4.39 Å². The van der Waals surface area contributed by atoms with E-state index in [0.29, 0.717) is 11.4 Å². The highest BCUT2D eigenvalue weighted by Crippen LogP contribution is 2.22. The number of benzene rings is 1. The molecular weight excluding hydrogens is 303 g/mol. The van der Waals surface area contributed by atoms with E-state index in [4.69, 9.17) is 21.4 Å².